The first kappa shape index (κ1) is 20.2. The highest BCUT2D eigenvalue weighted by molar-refractivity contribution is 5.98. The van der Waals surface area contributed by atoms with Gasteiger partial charge < -0.3 is 22.1 Å². The molecule has 3 aromatic rings. The summed E-state index contributed by atoms with van der Waals surface area (Å²) < 4.78 is 14.5. The van der Waals surface area contributed by atoms with Crippen LogP contribution in [0.3, 0.4) is 0 Å². The first-order valence-electron chi connectivity index (χ1n) is 9.15. The van der Waals surface area contributed by atoms with Gasteiger partial charge in [0.05, 0.1) is 23.6 Å². The minimum absolute atomic E-state index is 0.00783. The van der Waals surface area contributed by atoms with Crippen molar-refractivity contribution >= 4 is 23.2 Å². The largest absolute Gasteiger partial charge is 0.365 e. The summed E-state index contributed by atoms with van der Waals surface area (Å²) in [4.78, 5) is 17.5. The lowest BCUT2D eigenvalue weighted by molar-refractivity contribution is 0.100. The fourth-order valence-electron chi connectivity index (χ4n) is 2.85. The van der Waals surface area contributed by atoms with Crippen LogP contribution in [0.25, 0.3) is 5.69 Å². The Hall–Kier alpha value is -3.53. The first-order chi connectivity index (χ1) is 13.9. The van der Waals surface area contributed by atoms with Crippen LogP contribution in [0.1, 0.15) is 30.6 Å². The molecular weight excluding hydrogens is 375 g/mol. The van der Waals surface area contributed by atoms with Gasteiger partial charge in [0.15, 0.2) is 11.6 Å². The Morgan fingerprint density at radius 1 is 1.24 bits per heavy atom. The molecule has 0 radical (unpaired) electrons. The number of rotatable bonds is 8. The number of anilines is 3. The van der Waals surface area contributed by atoms with Crippen molar-refractivity contribution in [1.29, 1.82) is 0 Å². The van der Waals surface area contributed by atoms with Gasteiger partial charge in [-0.25, -0.2) is 9.37 Å². The number of hydrogen-bond acceptors (Lipinski definition) is 7. The van der Waals surface area contributed by atoms with E-state index >= 15 is 0 Å². The predicted octanol–water partition coefficient (Wildman–Crippen LogP) is 2.18. The molecule has 0 aliphatic carbocycles. The fraction of sp³-hybridized carbons (Fsp3) is 0.263. The molecule has 0 spiro atoms. The van der Waals surface area contributed by atoms with E-state index in [-0.39, 0.29) is 29.3 Å². The van der Waals surface area contributed by atoms with E-state index in [4.69, 9.17) is 11.5 Å². The Balaban J connectivity index is 1.96. The number of carbonyl (C=O) groups is 1. The van der Waals surface area contributed by atoms with Gasteiger partial charge in [-0.2, -0.15) is 15.0 Å². The summed E-state index contributed by atoms with van der Waals surface area (Å²) in [5, 5.41) is 14.2. The van der Waals surface area contributed by atoms with Crippen LogP contribution in [0.4, 0.5) is 21.7 Å². The Kier molecular flexibility index (Phi) is 6.03. The Bertz CT molecular complexity index is 990. The highest BCUT2D eigenvalue weighted by Gasteiger charge is 2.19. The third-order valence-corrected chi connectivity index (χ3v) is 4.40. The van der Waals surface area contributed by atoms with Gasteiger partial charge in [0.25, 0.3) is 5.91 Å². The number of pyridine rings is 1. The number of halogens is 1. The van der Waals surface area contributed by atoms with Crippen molar-refractivity contribution in [2.45, 2.75) is 32.4 Å². The molecule has 2 aromatic heterocycles. The van der Waals surface area contributed by atoms with Crippen molar-refractivity contribution in [3.8, 4) is 5.69 Å². The predicted molar refractivity (Wildman–Crippen MR) is 109 cm³/mol. The lowest BCUT2D eigenvalue weighted by Crippen LogP contribution is -2.38. The van der Waals surface area contributed by atoms with Crippen molar-refractivity contribution in [2.24, 2.45) is 11.5 Å². The number of nitrogens with zero attached hydrogens (tertiary/aromatic N) is 4. The maximum Gasteiger partial charge on any atom is 0.252 e. The van der Waals surface area contributed by atoms with Crippen LogP contribution in [0.5, 0.6) is 0 Å². The molecule has 152 valence electrons. The zero-order valence-corrected chi connectivity index (χ0v) is 16.1. The highest BCUT2D eigenvalue weighted by atomic mass is 19.1. The summed E-state index contributed by atoms with van der Waals surface area (Å²) in [6, 6.07) is 7.81. The lowest BCUT2D eigenvalue weighted by Gasteiger charge is -2.22. The van der Waals surface area contributed by atoms with E-state index in [1.807, 2.05) is 19.9 Å². The summed E-state index contributed by atoms with van der Waals surface area (Å²) >= 11 is 0. The number of benzene rings is 1. The number of aromatic nitrogens is 4. The average molecular weight is 398 g/mol. The van der Waals surface area contributed by atoms with Gasteiger partial charge in [-0.05, 0) is 37.6 Å². The monoisotopic (exact) mass is 398 g/mol. The van der Waals surface area contributed by atoms with E-state index in [2.05, 4.69) is 25.8 Å². The molecule has 1 aromatic carbocycles. The van der Waals surface area contributed by atoms with E-state index in [9.17, 15) is 9.18 Å². The molecule has 0 fully saturated rings. The van der Waals surface area contributed by atoms with Gasteiger partial charge in [0.1, 0.15) is 5.82 Å². The molecule has 10 heteroatoms. The Morgan fingerprint density at radius 2 is 1.97 bits per heavy atom. The van der Waals surface area contributed by atoms with E-state index in [1.165, 1.54) is 4.80 Å². The van der Waals surface area contributed by atoms with Gasteiger partial charge in [0, 0.05) is 17.8 Å². The van der Waals surface area contributed by atoms with Crippen LogP contribution in [-0.4, -0.2) is 38.0 Å². The minimum Gasteiger partial charge on any atom is -0.365 e. The SMILES string of the molecule is CC[C@@H](Nc1nc(Nc2cccc(-n3nccn3)c2)c(C(N)=O)cc1F)[C@H](C)N. The molecule has 0 saturated heterocycles. The maximum atomic E-state index is 14.5. The van der Waals surface area contributed by atoms with Gasteiger partial charge in [-0.15, -0.1) is 0 Å². The van der Waals surface area contributed by atoms with Gasteiger partial charge in [-0.3, -0.25) is 4.79 Å². The van der Waals surface area contributed by atoms with Crippen molar-refractivity contribution in [3.63, 3.8) is 0 Å². The second-order valence-corrected chi connectivity index (χ2v) is 6.59. The zero-order chi connectivity index (χ0) is 21.0. The number of primary amides is 1. The zero-order valence-electron chi connectivity index (χ0n) is 16.1. The van der Waals surface area contributed by atoms with Crippen molar-refractivity contribution < 1.29 is 9.18 Å². The Labute approximate surface area is 167 Å². The molecule has 0 aliphatic rings. The third-order valence-electron chi connectivity index (χ3n) is 4.40. The van der Waals surface area contributed by atoms with E-state index in [0.717, 1.165) is 6.07 Å². The normalized spacial score (nSPS) is 13.0. The summed E-state index contributed by atoms with van der Waals surface area (Å²) in [7, 11) is 0. The topological polar surface area (TPSA) is 137 Å². The standard InChI is InChI=1S/C19H23FN8O/c1-3-16(11(2)21)26-19-15(20)10-14(17(22)29)18(27-19)25-12-5-4-6-13(9-12)28-23-7-8-24-28/h4-11,16H,3,21H2,1-2H3,(H2,22,29)(H2,25,26,27)/t11-,16+/m0/s1. The molecule has 0 unspecified atom stereocenters. The number of nitrogens with two attached hydrogens (primary N) is 2. The number of carbonyl (C=O) groups excluding carboxylic acids is 1. The lowest BCUT2D eigenvalue weighted by atomic mass is 10.1. The van der Waals surface area contributed by atoms with E-state index in [0.29, 0.717) is 17.8 Å². The van der Waals surface area contributed by atoms with E-state index in [1.54, 1.807) is 30.6 Å². The maximum absolute atomic E-state index is 14.5. The molecule has 2 atom stereocenters. The minimum atomic E-state index is -0.797. The molecule has 9 nitrogen and oxygen atoms in total. The fourth-order valence-corrected chi connectivity index (χ4v) is 2.85. The van der Waals surface area contributed by atoms with Crippen molar-refractivity contribution in [1.82, 2.24) is 20.0 Å². The number of amides is 1. The molecular formula is C19H23FN8O. The van der Waals surface area contributed by atoms with Gasteiger partial charge >= 0.3 is 0 Å². The van der Waals surface area contributed by atoms with Crippen LogP contribution < -0.4 is 22.1 Å². The quantitative estimate of drug-likeness (QED) is 0.456. The van der Waals surface area contributed by atoms with Crippen molar-refractivity contribution in [2.75, 3.05) is 10.6 Å². The van der Waals surface area contributed by atoms with Crippen molar-refractivity contribution in [3.05, 3.63) is 54.1 Å². The number of hydrogen-bond donors (Lipinski definition) is 4. The average Bonchev–Trinajstić information content (AvgIpc) is 3.22. The molecule has 1 amide bonds. The van der Waals surface area contributed by atoms with Crippen LogP contribution in [0, 0.1) is 5.82 Å². The van der Waals surface area contributed by atoms with Gasteiger partial charge in [0.2, 0.25) is 0 Å². The van der Waals surface area contributed by atoms with Crippen LogP contribution in [0.2, 0.25) is 0 Å². The summed E-state index contributed by atoms with van der Waals surface area (Å²) in [5.41, 5.74) is 12.6. The molecule has 0 bridgehead atoms. The molecule has 2 heterocycles. The van der Waals surface area contributed by atoms with E-state index < -0.39 is 11.7 Å². The Morgan fingerprint density at radius 3 is 2.59 bits per heavy atom. The third kappa shape index (κ3) is 4.66. The smallest absolute Gasteiger partial charge is 0.252 e. The molecule has 3 rings (SSSR count). The van der Waals surface area contributed by atoms with Crippen LogP contribution >= 0.6 is 0 Å². The van der Waals surface area contributed by atoms with Crippen LogP contribution in [0.15, 0.2) is 42.7 Å². The van der Waals surface area contributed by atoms with Gasteiger partial charge in [-0.1, -0.05) is 13.0 Å². The first-order valence-corrected chi connectivity index (χ1v) is 9.15. The van der Waals surface area contributed by atoms with Crippen LogP contribution in [-0.2, 0) is 0 Å². The summed E-state index contributed by atoms with van der Waals surface area (Å²) in [5.74, 6) is -1.36. The molecule has 0 aliphatic heterocycles. The second kappa shape index (κ2) is 8.65. The highest BCUT2D eigenvalue weighted by Crippen LogP contribution is 2.25. The second-order valence-electron chi connectivity index (χ2n) is 6.59. The summed E-state index contributed by atoms with van der Waals surface area (Å²) in [6.45, 7) is 3.76. The molecule has 0 saturated carbocycles. The number of nitrogens with one attached hydrogen (secondary N) is 2. The molecule has 6 N–H and O–H groups in total. The summed E-state index contributed by atoms with van der Waals surface area (Å²) in [6.07, 6.45) is 3.80. The molecule has 29 heavy (non-hydrogen) atoms.